The van der Waals surface area contributed by atoms with E-state index in [2.05, 4.69) is 28.3 Å². The van der Waals surface area contributed by atoms with E-state index in [1.54, 1.807) is 24.6 Å². The SMILES string of the molecule is CN=C/C(=C\N)c1ccc2scc(C)c2n1. The summed E-state index contributed by atoms with van der Waals surface area (Å²) in [5.41, 5.74) is 9.51. The van der Waals surface area contributed by atoms with Crippen LogP contribution in [0.1, 0.15) is 11.3 Å². The Morgan fingerprint density at radius 2 is 2.31 bits per heavy atom. The third kappa shape index (κ3) is 1.84. The van der Waals surface area contributed by atoms with Crippen LogP contribution in [-0.2, 0) is 0 Å². The fourth-order valence-corrected chi connectivity index (χ4v) is 2.41. The molecule has 0 aromatic carbocycles. The predicted molar refractivity (Wildman–Crippen MR) is 70.9 cm³/mol. The monoisotopic (exact) mass is 231 g/mol. The number of nitrogens with zero attached hydrogens (tertiary/aromatic N) is 2. The first-order valence-electron chi connectivity index (χ1n) is 4.95. The summed E-state index contributed by atoms with van der Waals surface area (Å²) in [4.78, 5) is 8.56. The highest BCUT2D eigenvalue weighted by Crippen LogP contribution is 2.25. The molecule has 0 atom stereocenters. The van der Waals surface area contributed by atoms with Gasteiger partial charge in [-0.15, -0.1) is 11.3 Å². The first kappa shape index (κ1) is 10.8. The lowest BCUT2D eigenvalue weighted by Gasteiger charge is -2.00. The maximum Gasteiger partial charge on any atom is 0.0846 e. The zero-order chi connectivity index (χ0) is 11.5. The molecular weight excluding hydrogens is 218 g/mol. The second-order valence-corrected chi connectivity index (χ2v) is 4.38. The number of aryl methyl sites for hydroxylation is 1. The van der Waals surface area contributed by atoms with Gasteiger partial charge in [0.2, 0.25) is 0 Å². The molecule has 0 aliphatic heterocycles. The number of aromatic nitrogens is 1. The van der Waals surface area contributed by atoms with Crippen molar-refractivity contribution in [2.24, 2.45) is 10.7 Å². The van der Waals surface area contributed by atoms with Gasteiger partial charge < -0.3 is 5.73 Å². The highest BCUT2D eigenvalue weighted by molar-refractivity contribution is 7.17. The molecule has 0 saturated carbocycles. The van der Waals surface area contributed by atoms with E-state index in [1.165, 1.54) is 16.5 Å². The van der Waals surface area contributed by atoms with Crippen molar-refractivity contribution in [3.8, 4) is 0 Å². The molecule has 3 nitrogen and oxygen atoms in total. The van der Waals surface area contributed by atoms with Gasteiger partial charge in [0.1, 0.15) is 0 Å². The van der Waals surface area contributed by atoms with Crippen molar-refractivity contribution in [1.82, 2.24) is 4.98 Å². The fraction of sp³-hybridized carbons (Fsp3) is 0.167. The molecule has 0 bridgehead atoms. The van der Waals surface area contributed by atoms with Crippen LogP contribution in [0.15, 0.2) is 28.7 Å². The molecule has 2 aromatic heterocycles. The molecular formula is C12H13N3S. The van der Waals surface area contributed by atoms with Crippen molar-refractivity contribution < 1.29 is 0 Å². The summed E-state index contributed by atoms with van der Waals surface area (Å²) < 4.78 is 1.20. The van der Waals surface area contributed by atoms with Crippen LogP contribution in [0.3, 0.4) is 0 Å². The van der Waals surface area contributed by atoms with Gasteiger partial charge in [0.05, 0.1) is 15.9 Å². The number of fused-ring (bicyclic) bond motifs is 1. The van der Waals surface area contributed by atoms with Crippen LogP contribution in [0.4, 0.5) is 0 Å². The number of hydrogen-bond acceptors (Lipinski definition) is 4. The normalized spacial score (nSPS) is 12.8. The molecule has 4 heteroatoms. The Bertz CT molecular complexity index is 567. The molecule has 0 amide bonds. The number of thiophene rings is 1. The zero-order valence-electron chi connectivity index (χ0n) is 9.27. The van der Waals surface area contributed by atoms with E-state index in [0.717, 1.165) is 16.8 Å². The molecule has 0 spiro atoms. The van der Waals surface area contributed by atoms with Gasteiger partial charge in [0.25, 0.3) is 0 Å². The molecule has 0 aliphatic rings. The molecule has 2 rings (SSSR count). The van der Waals surface area contributed by atoms with Crippen LogP contribution in [0.25, 0.3) is 15.8 Å². The summed E-state index contributed by atoms with van der Waals surface area (Å²) in [5.74, 6) is 0. The first-order valence-corrected chi connectivity index (χ1v) is 5.83. The number of hydrogen-bond donors (Lipinski definition) is 1. The van der Waals surface area contributed by atoms with Crippen molar-refractivity contribution in [1.29, 1.82) is 0 Å². The number of nitrogens with two attached hydrogens (primary N) is 1. The average Bonchev–Trinajstić information content (AvgIpc) is 2.68. The van der Waals surface area contributed by atoms with E-state index in [-0.39, 0.29) is 0 Å². The summed E-state index contributed by atoms with van der Waals surface area (Å²) in [6.45, 7) is 2.06. The zero-order valence-corrected chi connectivity index (χ0v) is 10.1. The lowest BCUT2D eigenvalue weighted by Crippen LogP contribution is -1.94. The average molecular weight is 231 g/mol. The van der Waals surface area contributed by atoms with Crippen molar-refractivity contribution in [2.45, 2.75) is 6.92 Å². The van der Waals surface area contributed by atoms with Gasteiger partial charge in [-0.05, 0) is 30.0 Å². The molecule has 0 radical (unpaired) electrons. The Hall–Kier alpha value is -1.68. The lowest BCUT2D eigenvalue weighted by atomic mass is 10.2. The highest BCUT2D eigenvalue weighted by Gasteiger charge is 2.05. The van der Waals surface area contributed by atoms with E-state index >= 15 is 0 Å². The second-order valence-electron chi connectivity index (χ2n) is 3.47. The third-order valence-electron chi connectivity index (χ3n) is 2.34. The maximum absolute atomic E-state index is 5.56. The van der Waals surface area contributed by atoms with Gasteiger partial charge in [-0.2, -0.15) is 0 Å². The molecule has 0 saturated heterocycles. The number of pyridine rings is 1. The van der Waals surface area contributed by atoms with Crippen LogP contribution in [0.2, 0.25) is 0 Å². The Labute approximate surface area is 98.3 Å². The van der Waals surface area contributed by atoms with Gasteiger partial charge in [-0.3, -0.25) is 4.99 Å². The molecule has 0 fully saturated rings. The fourth-order valence-electron chi connectivity index (χ4n) is 1.53. The largest absolute Gasteiger partial charge is 0.404 e. The topological polar surface area (TPSA) is 51.3 Å². The Morgan fingerprint density at radius 3 is 3.00 bits per heavy atom. The standard InChI is InChI=1S/C12H13N3S/c1-8-7-16-11-4-3-10(15-12(8)11)9(5-13)6-14-2/h3-7H,13H2,1-2H3/b9-5+,14-6?. The van der Waals surface area contributed by atoms with E-state index in [9.17, 15) is 0 Å². The quantitative estimate of drug-likeness (QED) is 0.808. The minimum atomic E-state index is 0.843. The maximum atomic E-state index is 5.56. The summed E-state index contributed by atoms with van der Waals surface area (Å²) in [6, 6.07) is 4.04. The van der Waals surface area contributed by atoms with E-state index in [1.807, 2.05) is 6.07 Å². The summed E-state index contributed by atoms with van der Waals surface area (Å²) in [7, 11) is 1.72. The van der Waals surface area contributed by atoms with Crippen LogP contribution in [-0.4, -0.2) is 18.2 Å². The van der Waals surface area contributed by atoms with Crippen molar-refractivity contribution in [3.05, 3.63) is 35.0 Å². The Morgan fingerprint density at radius 1 is 1.50 bits per heavy atom. The van der Waals surface area contributed by atoms with Crippen molar-refractivity contribution in [3.63, 3.8) is 0 Å². The molecule has 82 valence electrons. The summed E-state index contributed by atoms with van der Waals surface area (Å²) in [5, 5.41) is 2.11. The number of aliphatic imine (C=N–C) groups is 1. The third-order valence-corrected chi connectivity index (χ3v) is 3.39. The highest BCUT2D eigenvalue weighted by atomic mass is 32.1. The second kappa shape index (κ2) is 4.45. The lowest BCUT2D eigenvalue weighted by molar-refractivity contribution is 1.34. The van der Waals surface area contributed by atoms with E-state index < -0.39 is 0 Å². The van der Waals surface area contributed by atoms with Crippen molar-refractivity contribution >= 4 is 33.3 Å². The predicted octanol–water partition coefficient (Wildman–Crippen LogP) is 2.60. The minimum absolute atomic E-state index is 0.843. The number of rotatable bonds is 2. The molecule has 2 aromatic rings. The van der Waals surface area contributed by atoms with Crippen LogP contribution in [0.5, 0.6) is 0 Å². The minimum Gasteiger partial charge on any atom is -0.404 e. The molecule has 0 unspecified atom stereocenters. The number of allylic oxidation sites excluding steroid dienone is 1. The first-order chi connectivity index (χ1) is 7.76. The Kier molecular flexibility index (Phi) is 3.01. The molecule has 2 N–H and O–H groups in total. The van der Waals surface area contributed by atoms with Crippen LogP contribution in [0, 0.1) is 6.92 Å². The van der Waals surface area contributed by atoms with Gasteiger partial charge >= 0.3 is 0 Å². The van der Waals surface area contributed by atoms with Gasteiger partial charge in [0.15, 0.2) is 0 Å². The van der Waals surface area contributed by atoms with Gasteiger partial charge in [0, 0.05) is 25.0 Å². The molecule has 0 aliphatic carbocycles. The Balaban J connectivity index is 2.57. The molecule has 2 heterocycles. The summed E-state index contributed by atoms with van der Waals surface area (Å²) >= 11 is 1.71. The smallest absolute Gasteiger partial charge is 0.0846 e. The van der Waals surface area contributed by atoms with E-state index in [0.29, 0.717) is 0 Å². The van der Waals surface area contributed by atoms with Gasteiger partial charge in [-0.1, -0.05) is 0 Å². The van der Waals surface area contributed by atoms with Crippen LogP contribution < -0.4 is 5.73 Å². The molecule has 16 heavy (non-hydrogen) atoms. The van der Waals surface area contributed by atoms with E-state index in [4.69, 9.17) is 5.73 Å². The summed E-state index contributed by atoms with van der Waals surface area (Å²) in [6.07, 6.45) is 3.25. The van der Waals surface area contributed by atoms with Crippen LogP contribution >= 0.6 is 11.3 Å². The van der Waals surface area contributed by atoms with Crippen molar-refractivity contribution in [2.75, 3.05) is 7.05 Å². The van der Waals surface area contributed by atoms with Gasteiger partial charge in [-0.25, -0.2) is 4.98 Å².